The van der Waals surface area contributed by atoms with E-state index in [1.165, 1.54) is 0 Å². The van der Waals surface area contributed by atoms with Gasteiger partial charge in [-0.2, -0.15) is 0 Å². The van der Waals surface area contributed by atoms with Gasteiger partial charge in [0, 0.05) is 18.6 Å². The summed E-state index contributed by atoms with van der Waals surface area (Å²) in [4.78, 5) is 41.8. The quantitative estimate of drug-likeness (QED) is 0.152. The molecule has 0 aliphatic carbocycles. The molecule has 1 aromatic heterocycles. The predicted molar refractivity (Wildman–Crippen MR) is 153 cm³/mol. The number of Topliss-reactive ketones (excluding diaryl/α,β-unsaturated/α-hetero) is 1. The van der Waals surface area contributed by atoms with E-state index in [0.717, 1.165) is 52.8 Å². The van der Waals surface area contributed by atoms with E-state index < -0.39 is 29.7 Å². The number of amides is 2. The van der Waals surface area contributed by atoms with Crippen molar-refractivity contribution in [2.24, 2.45) is 11.8 Å². The molecule has 0 saturated carbocycles. The van der Waals surface area contributed by atoms with Gasteiger partial charge in [0.2, 0.25) is 11.7 Å². The lowest BCUT2D eigenvalue weighted by Gasteiger charge is -2.26. The van der Waals surface area contributed by atoms with Crippen LogP contribution < -0.4 is 0 Å². The number of cyclic esters (lactones) is 1. The number of aliphatic hydroxyl groups is 1. The van der Waals surface area contributed by atoms with Crippen molar-refractivity contribution in [2.75, 3.05) is 13.2 Å². The Balaban J connectivity index is 1.69. The third kappa shape index (κ3) is 6.89. The van der Waals surface area contributed by atoms with Crippen LogP contribution in [0.3, 0.4) is 0 Å². The molecule has 4 rings (SSSR count). The largest absolute Gasteiger partial charge is 0.457 e. The monoisotopic (exact) mass is 545 g/mol. The van der Waals surface area contributed by atoms with Crippen LogP contribution in [0.2, 0.25) is 0 Å². The van der Waals surface area contributed by atoms with Crippen LogP contribution in [-0.2, 0) is 22.4 Å². The number of ether oxygens (including phenoxy) is 1. The third-order valence-electron chi connectivity index (χ3n) is 7.50. The first kappa shape index (κ1) is 29.3. The SMILES string of the molecule is Cc1cccc(-c2cc(C(=O)[C@H](Cc3ccccc3)C(=O)N3C(=O)OC[C@H]3C(C)C)oc2CCCCCCO)c1. The van der Waals surface area contributed by atoms with Crippen LogP contribution in [0, 0.1) is 18.8 Å². The van der Waals surface area contributed by atoms with Crippen LogP contribution in [-0.4, -0.2) is 47.0 Å². The summed E-state index contributed by atoms with van der Waals surface area (Å²) in [6, 6.07) is 18.7. The van der Waals surface area contributed by atoms with Crippen molar-refractivity contribution in [3.05, 3.63) is 83.3 Å². The Morgan fingerprint density at radius 3 is 2.45 bits per heavy atom. The minimum atomic E-state index is -1.14. The van der Waals surface area contributed by atoms with Crippen LogP contribution >= 0.6 is 0 Å². The molecule has 0 spiro atoms. The number of nitrogens with zero attached hydrogens (tertiary/aromatic N) is 1. The molecule has 1 aliphatic rings. The number of ketones is 1. The minimum absolute atomic E-state index is 0.0168. The zero-order valence-corrected chi connectivity index (χ0v) is 23.6. The molecule has 2 heterocycles. The number of hydrogen-bond donors (Lipinski definition) is 1. The number of benzene rings is 2. The number of aliphatic hydroxyl groups excluding tert-OH is 1. The number of hydrogen-bond acceptors (Lipinski definition) is 6. The first-order valence-corrected chi connectivity index (χ1v) is 14.2. The van der Waals surface area contributed by atoms with E-state index in [-0.39, 0.29) is 31.3 Å². The summed E-state index contributed by atoms with van der Waals surface area (Å²) < 4.78 is 11.5. The number of aryl methyl sites for hydroxylation is 2. The summed E-state index contributed by atoms with van der Waals surface area (Å²) in [6.07, 6.45) is 3.52. The van der Waals surface area contributed by atoms with Gasteiger partial charge in [-0.1, -0.05) is 86.8 Å². The lowest BCUT2D eigenvalue weighted by atomic mass is 9.91. The maximum Gasteiger partial charge on any atom is 0.417 e. The van der Waals surface area contributed by atoms with Crippen molar-refractivity contribution in [1.29, 1.82) is 0 Å². The van der Waals surface area contributed by atoms with Crippen molar-refractivity contribution < 1.29 is 28.6 Å². The van der Waals surface area contributed by atoms with Gasteiger partial charge in [-0.3, -0.25) is 9.59 Å². The fraction of sp³-hybridized carbons (Fsp3) is 0.424. The summed E-state index contributed by atoms with van der Waals surface area (Å²) in [7, 11) is 0. The standard InChI is InChI=1S/C33H39NO6/c1-22(2)28-21-39-33(38)34(28)32(37)27(19-24-13-7-6-8-14-24)31(36)30-20-26(25-15-11-12-23(3)18-25)29(40-30)16-9-4-5-10-17-35/h6-8,11-15,18,20,22,27-28,35H,4-5,9-10,16-17,19,21H2,1-3H3/t27-,28-/m0/s1. The molecule has 1 fully saturated rings. The second-order valence-corrected chi connectivity index (χ2v) is 10.9. The Morgan fingerprint density at radius 1 is 1.00 bits per heavy atom. The van der Waals surface area contributed by atoms with Crippen molar-refractivity contribution in [2.45, 2.75) is 65.3 Å². The average molecular weight is 546 g/mol. The van der Waals surface area contributed by atoms with Gasteiger partial charge in [0.1, 0.15) is 18.3 Å². The maximum absolute atomic E-state index is 14.1. The van der Waals surface area contributed by atoms with E-state index in [0.29, 0.717) is 12.2 Å². The van der Waals surface area contributed by atoms with E-state index in [1.54, 1.807) is 6.07 Å². The molecule has 212 valence electrons. The van der Waals surface area contributed by atoms with Crippen LogP contribution in [0.1, 0.15) is 67.0 Å². The van der Waals surface area contributed by atoms with Crippen molar-refractivity contribution >= 4 is 17.8 Å². The Morgan fingerprint density at radius 2 is 1.75 bits per heavy atom. The topological polar surface area (TPSA) is 97.1 Å². The molecular weight excluding hydrogens is 506 g/mol. The van der Waals surface area contributed by atoms with Gasteiger partial charge in [0.15, 0.2) is 5.76 Å². The van der Waals surface area contributed by atoms with E-state index in [4.69, 9.17) is 14.3 Å². The Bertz CT molecular complexity index is 1310. The molecule has 3 aromatic rings. The third-order valence-corrected chi connectivity index (χ3v) is 7.50. The molecule has 7 nitrogen and oxygen atoms in total. The first-order valence-electron chi connectivity index (χ1n) is 14.2. The highest BCUT2D eigenvalue weighted by molar-refractivity contribution is 6.12. The molecule has 40 heavy (non-hydrogen) atoms. The normalized spacial score (nSPS) is 15.9. The highest BCUT2D eigenvalue weighted by Gasteiger charge is 2.44. The zero-order valence-electron chi connectivity index (χ0n) is 23.6. The summed E-state index contributed by atoms with van der Waals surface area (Å²) >= 11 is 0. The van der Waals surface area contributed by atoms with E-state index in [9.17, 15) is 14.4 Å². The summed E-state index contributed by atoms with van der Waals surface area (Å²) in [5.41, 5.74) is 3.69. The van der Waals surface area contributed by atoms with Crippen LogP contribution in [0.25, 0.3) is 11.1 Å². The maximum atomic E-state index is 14.1. The molecule has 1 N–H and O–H groups in total. The smallest absolute Gasteiger partial charge is 0.417 e. The molecule has 1 saturated heterocycles. The lowest BCUT2D eigenvalue weighted by Crippen LogP contribution is -2.47. The molecular formula is C33H39NO6. The van der Waals surface area contributed by atoms with Gasteiger partial charge in [-0.05, 0) is 49.3 Å². The lowest BCUT2D eigenvalue weighted by molar-refractivity contribution is -0.132. The van der Waals surface area contributed by atoms with Gasteiger partial charge in [-0.25, -0.2) is 9.69 Å². The number of rotatable bonds is 13. The molecule has 0 radical (unpaired) electrons. The summed E-state index contributed by atoms with van der Waals surface area (Å²) in [5.74, 6) is -1.35. The Labute approximate surface area is 236 Å². The van der Waals surface area contributed by atoms with Crippen LogP contribution in [0.4, 0.5) is 4.79 Å². The highest BCUT2D eigenvalue weighted by Crippen LogP contribution is 2.32. The van der Waals surface area contributed by atoms with Crippen molar-refractivity contribution in [3.63, 3.8) is 0 Å². The molecule has 0 unspecified atom stereocenters. The fourth-order valence-electron chi connectivity index (χ4n) is 5.21. The first-order chi connectivity index (χ1) is 19.3. The number of furan rings is 1. The van der Waals surface area contributed by atoms with Crippen LogP contribution in [0.15, 0.2) is 65.1 Å². The van der Waals surface area contributed by atoms with E-state index in [2.05, 4.69) is 6.07 Å². The van der Waals surface area contributed by atoms with E-state index >= 15 is 0 Å². The molecule has 2 amide bonds. The molecule has 0 bridgehead atoms. The number of imide groups is 1. The number of carbonyl (C=O) groups is 3. The predicted octanol–water partition coefficient (Wildman–Crippen LogP) is 6.40. The van der Waals surface area contributed by atoms with Crippen molar-refractivity contribution in [3.8, 4) is 11.1 Å². The highest BCUT2D eigenvalue weighted by atomic mass is 16.6. The van der Waals surface area contributed by atoms with Gasteiger partial charge < -0.3 is 14.3 Å². The van der Waals surface area contributed by atoms with E-state index in [1.807, 2.05) is 69.3 Å². The molecule has 2 atom stereocenters. The minimum Gasteiger partial charge on any atom is -0.457 e. The zero-order chi connectivity index (χ0) is 28.6. The van der Waals surface area contributed by atoms with Crippen LogP contribution in [0.5, 0.6) is 0 Å². The molecule has 2 aromatic carbocycles. The van der Waals surface area contributed by atoms with Gasteiger partial charge >= 0.3 is 6.09 Å². The molecule has 1 aliphatic heterocycles. The van der Waals surface area contributed by atoms with Crippen molar-refractivity contribution in [1.82, 2.24) is 4.90 Å². The Hall–Kier alpha value is -3.71. The number of carbonyl (C=O) groups excluding carboxylic acids is 3. The molecule has 7 heteroatoms. The second-order valence-electron chi connectivity index (χ2n) is 10.9. The average Bonchev–Trinajstić information content (AvgIpc) is 3.55. The second kappa shape index (κ2) is 13.6. The summed E-state index contributed by atoms with van der Waals surface area (Å²) in [6.45, 7) is 6.15. The van der Waals surface area contributed by atoms with Gasteiger partial charge in [0.25, 0.3) is 0 Å². The Kier molecular flexibility index (Phi) is 9.93. The fourth-order valence-corrected chi connectivity index (χ4v) is 5.21. The number of unbranched alkanes of at least 4 members (excludes halogenated alkanes) is 3. The summed E-state index contributed by atoms with van der Waals surface area (Å²) in [5, 5.41) is 9.09. The van der Waals surface area contributed by atoms with Gasteiger partial charge in [-0.15, -0.1) is 0 Å². The van der Waals surface area contributed by atoms with Gasteiger partial charge in [0.05, 0.1) is 6.04 Å².